The van der Waals surface area contributed by atoms with Crippen molar-refractivity contribution in [1.29, 1.82) is 0 Å². The lowest BCUT2D eigenvalue weighted by Gasteiger charge is -2.18. The van der Waals surface area contributed by atoms with Gasteiger partial charge in [-0.15, -0.1) is 0 Å². The first-order valence-electron chi connectivity index (χ1n) is 11.3. The number of rotatable bonds is 5. The number of hydrogen-bond donors (Lipinski definition) is 0. The third-order valence-electron chi connectivity index (χ3n) is 6.11. The molecular formula is C30H21Cl2NO3. The van der Waals surface area contributed by atoms with Crippen molar-refractivity contribution >= 4 is 51.9 Å². The number of ether oxygens (including phenoxy) is 1. The van der Waals surface area contributed by atoms with Crippen molar-refractivity contribution in [3.8, 4) is 0 Å². The van der Waals surface area contributed by atoms with Crippen molar-refractivity contribution in [1.82, 2.24) is 0 Å². The van der Waals surface area contributed by atoms with Crippen LogP contribution in [0.3, 0.4) is 0 Å². The van der Waals surface area contributed by atoms with Gasteiger partial charge in [0.2, 0.25) is 0 Å². The van der Waals surface area contributed by atoms with Crippen LogP contribution in [0.4, 0.5) is 5.69 Å². The average Bonchev–Trinajstić information content (AvgIpc) is 3.16. The van der Waals surface area contributed by atoms with Gasteiger partial charge in [0, 0.05) is 21.2 Å². The van der Waals surface area contributed by atoms with Crippen LogP contribution in [-0.4, -0.2) is 19.0 Å². The van der Waals surface area contributed by atoms with E-state index >= 15 is 0 Å². The van der Waals surface area contributed by atoms with Crippen LogP contribution < -0.4 is 4.90 Å². The van der Waals surface area contributed by atoms with E-state index < -0.39 is 5.97 Å². The van der Waals surface area contributed by atoms with Gasteiger partial charge in [0.1, 0.15) is 0 Å². The Kier molecular flexibility index (Phi) is 6.64. The molecule has 1 aliphatic heterocycles. The third-order valence-corrected chi connectivity index (χ3v) is 6.60. The molecule has 0 aromatic heterocycles. The maximum absolute atomic E-state index is 14.1. The maximum Gasteiger partial charge on any atom is 0.337 e. The van der Waals surface area contributed by atoms with E-state index in [0.717, 1.165) is 33.5 Å². The number of fused-ring (bicyclic) bond motifs is 1. The summed E-state index contributed by atoms with van der Waals surface area (Å²) >= 11 is 12.6. The minimum absolute atomic E-state index is 0.149. The highest BCUT2D eigenvalue weighted by molar-refractivity contribution is 6.40. The Bertz CT molecular complexity index is 1490. The summed E-state index contributed by atoms with van der Waals surface area (Å²) in [5, 5.41) is 1.15. The summed E-state index contributed by atoms with van der Waals surface area (Å²) in [7, 11) is 1.35. The zero-order valence-electron chi connectivity index (χ0n) is 19.4. The smallest absolute Gasteiger partial charge is 0.337 e. The second-order valence-corrected chi connectivity index (χ2v) is 9.24. The standard InChI is InChI=1S/C30H21Cl2NO3/c1-36-30(35)22-9-5-6-19(16-22)18-33-26-15-14-24(32)17-25(26)28(29(33)34)27(20-7-3-2-4-8-20)21-10-12-23(31)13-11-21/h2-17H,18H2,1H3. The lowest BCUT2D eigenvalue weighted by atomic mass is 9.90. The van der Waals surface area contributed by atoms with Crippen molar-refractivity contribution in [3.05, 3.63) is 135 Å². The molecule has 0 fully saturated rings. The molecule has 1 heterocycles. The van der Waals surface area contributed by atoms with E-state index in [0.29, 0.717) is 21.2 Å². The normalized spacial score (nSPS) is 14.0. The summed E-state index contributed by atoms with van der Waals surface area (Å²) in [5.41, 5.74) is 5.88. The van der Waals surface area contributed by atoms with Crippen LogP contribution in [0, 0.1) is 0 Å². The summed E-state index contributed by atoms with van der Waals surface area (Å²) in [6.07, 6.45) is 0. The predicted molar refractivity (Wildman–Crippen MR) is 144 cm³/mol. The van der Waals surface area contributed by atoms with E-state index in [1.807, 2.05) is 72.8 Å². The molecule has 0 saturated heterocycles. The Balaban J connectivity index is 1.69. The van der Waals surface area contributed by atoms with Gasteiger partial charge in [-0.25, -0.2) is 4.79 Å². The minimum Gasteiger partial charge on any atom is -0.465 e. The molecule has 0 atom stereocenters. The molecule has 6 heteroatoms. The number of carbonyl (C=O) groups is 2. The Morgan fingerprint density at radius 1 is 0.778 bits per heavy atom. The van der Waals surface area contributed by atoms with Gasteiger partial charge in [-0.05, 0) is 59.2 Å². The fraction of sp³-hybridized carbons (Fsp3) is 0.0667. The number of amides is 1. The first-order chi connectivity index (χ1) is 17.5. The molecule has 0 bridgehead atoms. The van der Waals surface area contributed by atoms with Gasteiger partial charge in [0.15, 0.2) is 0 Å². The lowest BCUT2D eigenvalue weighted by Crippen LogP contribution is -2.26. The van der Waals surface area contributed by atoms with Crippen LogP contribution in [0.15, 0.2) is 97.1 Å². The number of anilines is 1. The summed E-state index contributed by atoms with van der Waals surface area (Å²) < 4.78 is 4.86. The second-order valence-electron chi connectivity index (χ2n) is 8.37. The van der Waals surface area contributed by atoms with E-state index in [1.54, 1.807) is 29.2 Å². The molecule has 0 N–H and O–H groups in total. The number of nitrogens with zero attached hydrogens (tertiary/aromatic N) is 1. The molecule has 0 saturated carbocycles. The van der Waals surface area contributed by atoms with E-state index in [4.69, 9.17) is 27.9 Å². The van der Waals surface area contributed by atoms with Crippen molar-refractivity contribution in [2.75, 3.05) is 12.0 Å². The summed E-state index contributed by atoms with van der Waals surface area (Å²) in [6, 6.07) is 29.8. The molecule has 1 aliphatic rings. The molecule has 36 heavy (non-hydrogen) atoms. The highest BCUT2D eigenvalue weighted by Crippen LogP contribution is 2.44. The highest BCUT2D eigenvalue weighted by Gasteiger charge is 2.35. The fourth-order valence-corrected chi connectivity index (χ4v) is 4.77. The monoisotopic (exact) mass is 513 g/mol. The molecular weight excluding hydrogens is 493 g/mol. The Hall–Kier alpha value is -3.86. The zero-order chi connectivity index (χ0) is 25.2. The number of hydrogen-bond acceptors (Lipinski definition) is 3. The highest BCUT2D eigenvalue weighted by atomic mass is 35.5. The first kappa shape index (κ1) is 23.9. The van der Waals surface area contributed by atoms with E-state index in [1.165, 1.54) is 7.11 Å². The summed E-state index contributed by atoms with van der Waals surface area (Å²) in [5.74, 6) is -0.573. The van der Waals surface area contributed by atoms with Crippen molar-refractivity contribution in [3.63, 3.8) is 0 Å². The van der Waals surface area contributed by atoms with E-state index in [-0.39, 0.29) is 12.5 Å². The largest absolute Gasteiger partial charge is 0.465 e. The van der Waals surface area contributed by atoms with Gasteiger partial charge in [0.05, 0.1) is 30.5 Å². The van der Waals surface area contributed by atoms with Crippen molar-refractivity contribution < 1.29 is 14.3 Å². The van der Waals surface area contributed by atoms with Crippen molar-refractivity contribution in [2.24, 2.45) is 0 Å². The molecule has 4 nitrogen and oxygen atoms in total. The van der Waals surface area contributed by atoms with Crippen LogP contribution in [0.25, 0.3) is 11.1 Å². The third kappa shape index (κ3) is 4.53. The fourth-order valence-electron chi connectivity index (χ4n) is 4.48. The van der Waals surface area contributed by atoms with Crippen LogP contribution in [-0.2, 0) is 16.1 Å². The molecule has 0 aliphatic carbocycles. The van der Waals surface area contributed by atoms with E-state index in [9.17, 15) is 9.59 Å². The molecule has 1 amide bonds. The molecule has 5 rings (SSSR count). The first-order valence-corrected chi connectivity index (χ1v) is 12.1. The van der Waals surface area contributed by atoms with Crippen LogP contribution in [0.2, 0.25) is 10.0 Å². The Morgan fingerprint density at radius 3 is 2.17 bits per heavy atom. The van der Waals surface area contributed by atoms with Crippen LogP contribution in [0.1, 0.15) is 32.6 Å². The predicted octanol–water partition coefficient (Wildman–Crippen LogP) is 7.29. The molecule has 4 aromatic rings. The number of carbonyl (C=O) groups excluding carboxylic acids is 2. The average molecular weight is 514 g/mol. The minimum atomic E-state index is -0.425. The van der Waals surface area contributed by atoms with Gasteiger partial charge >= 0.3 is 5.97 Å². The van der Waals surface area contributed by atoms with Crippen molar-refractivity contribution in [2.45, 2.75) is 6.54 Å². The molecule has 0 radical (unpaired) electrons. The number of methoxy groups -OCH3 is 1. The van der Waals surface area contributed by atoms with Crippen LogP contribution in [0.5, 0.6) is 0 Å². The Labute approximate surface area is 219 Å². The van der Waals surface area contributed by atoms with Gasteiger partial charge in [0.25, 0.3) is 5.91 Å². The number of halogens is 2. The Morgan fingerprint density at radius 2 is 1.44 bits per heavy atom. The van der Waals surface area contributed by atoms with E-state index in [2.05, 4.69) is 0 Å². The van der Waals surface area contributed by atoms with Gasteiger partial charge in [-0.1, -0.05) is 77.8 Å². The molecule has 0 unspecified atom stereocenters. The summed E-state index contributed by atoms with van der Waals surface area (Å²) in [6.45, 7) is 0.282. The maximum atomic E-state index is 14.1. The van der Waals surface area contributed by atoms with Crippen LogP contribution >= 0.6 is 23.2 Å². The number of benzene rings is 4. The molecule has 178 valence electrons. The van der Waals surface area contributed by atoms with Gasteiger partial charge < -0.3 is 9.64 Å². The topological polar surface area (TPSA) is 46.6 Å². The molecule has 0 spiro atoms. The van der Waals surface area contributed by atoms with Gasteiger partial charge in [-0.3, -0.25) is 4.79 Å². The van der Waals surface area contributed by atoms with Gasteiger partial charge in [-0.2, -0.15) is 0 Å². The quantitative estimate of drug-likeness (QED) is 0.208. The summed E-state index contributed by atoms with van der Waals surface area (Å²) in [4.78, 5) is 27.9. The molecule has 4 aromatic carbocycles. The SMILES string of the molecule is COC(=O)c1cccc(CN2C(=O)C(=C(c3ccccc3)c3ccc(Cl)cc3)c3cc(Cl)ccc32)c1. The zero-order valence-corrected chi connectivity index (χ0v) is 20.9. The lowest BCUT2D eigenvalue weighted by molar-refractivity contribution is -0.113. The second kappa shape index (κ2) is 10.0. The number of esters is 1.